The molecule has 0 aliphatic heterocycles. The highest BCUT2D eigenvalue weighted by atomic mass is 32.2. The molecule has 0 amide bonds. The molecular formula is C17H18N2O3S. The molecule has 120 valence electrons. The van der Waals surface area contributed by atoms with Crippen molar-refractivity contribution in [3.63, 3.8) is 0 Å². The molecule has 0 bridgehead atoms. The molecule has 0 spiro atoms. The van der Waals surface area contributed by atoms with Crippen LogP contribution in [0.1, 0.15) is 16.7 Å². The molecule has 2 aromatic carbocycles. The third-order valence-corrected chi connectivity index (χ3v) is 5.34. The molecule has 0 unspecified atom stereocenters. The van der Waals surface area contributed by atoms with Crippen molar-refractivity contribution < 1.29 is 12.8 Å². The van der Waals surface area contributed by atoms with Crippen molar-refractivity contribution in [1.82, 2.24) is 9.71 Å². The topological polar surface area (TPSA) is 72.2 Å². The summed E-state index contributed by atoms with van der Waals surface area (Å²) in [7, 11) is -3.50. The van der Waals surface area contributed by atoms with Crippen LogP contribution >= 0.6 is 0 Å². The Kier molecular flexibility index (Phi) is 4.19. The molecule has 0 fully saturated rings. The molecule has 0 saturated carbocycles. The molecule has 6 heteroatoms. The largest absolute Gasteiger partial charge is 0.443 e. The predicted octanol–water partition coefficient (Wildman–Crippen LogP) is 2.97. The predicted molar refractivity (Wildman–Crippen MR) is 88.8 cm³/mol. The van der Waals surface area contributed by atoms with E-state index < -0.39 is 10.0 Å². The standard InChI is InChI=1S/C17H18N2O3S/c1-12-3-4-13(2)17(9-12)23(20,21)19-8-7-14-5-6-16-15(10-14)18-11-22-16/h3-6,9-11,19H,7-8H2,1-2H3. The van der Waals surface area contributed by atoms with E-state index in [1.807, 2.05) is 37.3 Å². The summed E-state index contributed by atoms with van der Waals surface area (Å²) in [6.07, 6.45) is 1.99. The summed E-state index contributed by atoms with van der Waals surface area (Å²) < 4.78 is 32.7. The van der Waals surface area contributed by atoms with E-state index in [-0.39, 0.29) is 0 Å². The van der Waals surface area contributed by atoms with Crippen molar-refractivity contribution in [1.29, 1.82) is 0 Å². The fraction of sp³-hybridized carbons (Fsp3) is 0.235. The van der Waals surface area contributed by atoms with Gasteiger partial charge in [0.25, 0.3) is 0 Å². The number of oxazole rings is 1. The zero-order valence-corrected chi connectivity index (χ0v) is 13.9. The number of hydrogen-bond acceptors (Lipinski definition) is 4. The van der Waals surface area contributed by atoms with Crippen LogP contribution in [0.5, 0.6) is 0 Å². The number of sulfonamides is 1. The van der Waals surface area contributed by atoms with Crippen molar-refractivity contribution in [2.75, 3.05) is 6.54 Å². The van der Waals surface area contributed by atoms with Gasteiger partial charge in [-0.25, -0.2) is 18.1 Å². The number of benzene rings is 2. The summed E-state index contributed by atoms with van der Waals surface area (Å²) in [5.41, 5.74) is 4.18. The number of nitrogens with one attached hydrogen (secondary N) is 1. The van der Waals surface area contributed by atoms with Gasteiger partial charge < -0.3 is 4.42 Å². The number of aromatic nitrogens is 1. The van der Waals surface area contributed by atoms with E-state index in [1.54, 1.807) is 13.0 Å². The van der Waals surface area contributed by atoms with Gasteiger partial charge in [0.15, 0.2) is 12.0 Å². The van der Waals surface area contributed by atoms with E-state index in [4.69, 9.17) is 4.42 Å². The van der Waals surface area contributed by atoms with E-state index in [2.05, 4.69) is 9.71 Å². The Hall–Kier alpha value is -2.18. The van der Waals surface area contributed by atoms with Crippen LogP contribution in [0, 0.1) is 13.8 Å². The monoisotopic (exact) mass is 330 g/mol. The van der Waals surface area contributed by atoms with Crippen LogP contribution in [0.25, 0.3) is 11.1 Å². The lowest BCUT2D eigenvalue weighted by atomic mass is 10.1. The average Bonchev–Trinajstić information content (AvgIpc) is 2.97. The molecule has 23 heavy (non-hydrogen) atoms. The minimum Gasteiger partial charge on any atom is -0.443 e. The number of fused-ring (bicyclic) bond motifs is 1. The average molecular weight is 330 g/mol. The first-order valence-electron chi connectivity index (χ1n) is 7.35. The van der Waals surface area contributed by atoms with Crippen LogP contribution in [0.2, 0.25) is 0 Å². The van der Waals surface area contributed by atoms with Crippen LogP contribution < -0.4 is 4.72 Å². The Morgan fingerprint density at radius 1 is 1.13 bits per heavy atom. The molecule has 1 aromatic heterocycles. The molecule has 0 aliphatic carbocycles. The third-order valence-electron chi connectivity index (χ3n) is 3.73. The normalized spacial score (nSPS) is 11.9. The van der Waals surface area contributed by atoms with Gasteiger partial charge in [-0.3, -0.25) is 0 Å². The Morgan fingerprint density at radius 3 is 2.78 bits per heavy atom. The molecular weight excluding hydrogens is 312 g/mol. The van der Waals surface area contributed by atoms with Crippen LogP contribution in [0.3, 0.4) is 0 Å². The highest BCUT2D eigenvalue weighted by Crippen LogP contribution is 2.17. The molecule has 0 radical (unpaired) electrons. The van der Waals surface area contributed by atoms with Gasteiger partial charge in [-0.2, -0.15) is 0 Å². The van der Waals surface area contributed by atoms with Gasteiger partial charge in [-0.1, -0.05) is 18.2 Å². The van der Waals surface area contributed by atoms with Gasteiger partial charge >= 0.3 is 0 Å². The van der Waals surface area contributed by atoms with Crippen LogP contribution in [-0.4, -0.2) is 19.9 Å². The number of rotatable bonds is 5. The van der Waals surface area contributed by atoms with Crippen LogP contribution in [-0.2, 0) is 16.4 Å². The Morgan fingerprint density at radius 2 is 1.96 bits per heavy atom. The summed E-state index contributed by atoms with van der Waals surface area (Å²) in [6, 6.07) is 11.1. The van der Waals surface area contributed by atoms with Gasteiger partial charge in [0, 0.05) is 6.54 Å². The first-order valence-corrected chi connectivity index (χ1v) is 8.83. The molecule has 3 aromatic rings. The highest BCUT2D eigenvalue weighted by Gasteiger charge is 2.16. The van der Waals surface area contributed by atoms with E-state index in [0.717, 1.165) is 27.8 Å². The molecule has 1 heterocycles. The molecule has 0 atom stereocenters. The van der Waals surface area contributed by atoms with Gasteiger partial charge in [0.2, 0.25) is 10.0 Å². The van der Waals surface area contributed by atoms with Gasteiger partial charge in [0.1, 0.15) is 5.52 Å². The molecule has 5 nitrogen and oxygen atoms in total. The number of hydrogen-bond donors (Lipinski definition) is 1. The number of aryl methyl sites for hydroxylation is 2. The van der Waals surface area contributed by atoms with Crippen molar-refractivity contribution in [3.05, 3.63) is 59.5 Å². The molecule has 1 N–H and O–H groups in total. The van der Waals surface area contributed by atoms with Crippen molar-refractivity contribution >= 4 is 21.1 Å². The zero-order valence-electron chi connectivity index (χ0n) is 13.0. The van der Waals surface area contributed by atoms with E-state index in [1.165, 1.54) is 6.39 Å². The summed E-state index contributed by atoms with van der Waals surface area (Å²) in [6.45, 7) is 4.01. The van der Waals surface area contributed by atoms with Gasteiger partial charge in [-0.05, 0) is 55.2 Å². The highest BCUT2D eigenvalue weighted by molar-refractivity contribution is 7.89. The summed E-state index contributed by atoms with van der Waals surface area (Å²) >= 11 is 0. The Labute approximate surface area is 135 Å². The van der Waals surface area contributed by atoms with E-state index in [9.17, 15) is 8.42 Å². The fourth-order valence-electron chi connectivity index (χ4n) is 2.46. The SMILES string of the molecule is Cc1ccc(C)c(S(=O)(=O)NCCc2ccc3ocnc3c2)c1. The Bertz CT molecular complexity index is 945. The summed E-state index contributed by atoms with van der Waals surface area (Å²) in [5, 5.41) is 0. The minimum absolute atomic E-state index is 0.332. The maximum Gasteiger partial charge on any atom is 0.240 e. The van der Waals surface area contributed by atoms with Crippen LogP contribution in [0.15, 0.2) is 52.1 Å². The van der Waals surface area contributed by atoms with Gasteiger partial charge in [0.05, 0.1) is 4.90 Å². The Balaban J connectivity index is 1.70. The third kappa shape index (κ3) is 3.43. The second-order valence-electron chi connectivity index (χ2n) is 5.57. The minimum atomic E-state index is -3.50. The first kappa shape index (κ1) is 15.7. The molecule has 0 aliphatic rings. The van der Waals surface area contributed by atoms with Gasteiger partial charge in [-0.15, -0.1) is 0 Å². The first-order chi connectivity index (χ1) is 11.0. The van der Waals surface area contributed by atoms with Crippen LogP contribution in [0.4, 0.5) is 0 Å². The summed E-state index contributed by atoms with van der Waals surface area (Å²) in [4.78, 5) is 4.44. The molecule has 3 rings (SSSR count). The van der Waals surface area contributed by atoms with Crippen molar-refractivity contribution in [2.24, 2.45) is 0 Å². The second-order valence-corrected chi connectivity index (χ2v) is 7.31. The van der Waals surface area contributed by atoms with Crippen molar-refractivity contribution in [3.8, 4) is 0 Å². The second kappa shape index (κ2) is 6.14. The van der Waals surface area contributed by atoms with E-state index in [0.29, 0.717) is 17.9 Å². The zero-order chi connectivity index (χ0) is 16.4. The van der Waals surface area contributed by atoms with E-state index >= 15 is 0 Å². The lowest BCUT2D eigenvalue weighted by Crippen LogP contribution is -2.26. The fourth-order valence-corrected chi connectivity index (χ4v) is 3.82. The maximum atomic E-state index is 12.4. The van der Waals surface area contributed by atoms with Crippen molar-refractivity contribution in [2.45, 2.75) is 25.2 Å². The molecule has 0 saturated heterocycles. The lowest BCUT2D eigenvalue weighted by molar-refractivity contribution is 0.581. The lowest BCUT2D eigenvalue weighted by Gasteiger charge is -2.10. The smallest absolute Gasteiger partial charge is 0.240 e. The maximum absolute atomic E-state index is 12.4. The number of nitrogens with zero attached hydrogens (tertiary/aromatic N) is 1. The summed E-state index contributed by atoms with van der Waals surface area (Å²) in [5.74, 6) is 0. The quantitative estimate of drug-likeness (QED) is 0.780.